The van der Waals surface area contributed by atoms with Gasteiger partial charge >= 0.3 is 0 Å². The van der Waals surface area contributed by atoms with Crippen LogP contribution in [0.3, 0.4) is 0 Å². The first kappa shape index (κ1) is 14.5. The van der Waals surface area contributed by atoms with Crippen molar-refractivity contribution in [3.8, 4) is 5.75 Å². The smallest absolute Gasteiger partial charge is 0.218 e. The minimum atomic E-state index is 0.607. The Labute approximate surface area is 129 Å². The molecule has 0 aliphatic heterocycles. The summed E-state index contributed by atoms with van der Waals surface area (Å²) in [6.45, 7) is 3.62. The summed E-state index contributed by atoms with van der Waals surface area (Å²) in [5.41, 5.74) is 1.24. The molecule has 6 heteroatoms. The lowest BCUT2D eigenvalue weighted by atomic mass is 10.2. The molecule has 0 aliphatic rings. The van der Waals surface area contributed by atoms with Crippen molar-refractivity contribution < 1.29 is 4.74 Å². The number of rotatable bonds is 6. The Hall–Kier alpha value is -0.880. The first-order valence-corrected chi connectivity index (χ1v) is 7.69. The number of unbranched alkanes of at least 4 members (excludes halogenated alkanes) is 1. The molecule has 2 aromatic rings. The van der Waals surface area contributed by atoms with Gasteiger partial charge in [-0.3, -0.25) is 0 Å². The highest BCUT2D eigenvalue weighted by atomic mass is 79.9. The van der Waals surface area contributed by atoms with Crippen LogP contribution in [0.5, 0.6) is 5.75 Å². The maximum absolute atomic E-state index is 5.67. The molecule has 0 saturated heterocycles. The minimum Gasteiger partial charge on any atom is -0.494 e. The number of aryl methyl sites for hydroxylation is 2. The molecule has 0 fully saturated rings. The lowest BCUT2D eigenvalue weighted by molar-refractivity contribution is 0.301. The van der Waals surface area contributed by atoms with Crippen molar-refractivity contribution in [1.29, 1.82) is 0 Å². The zero-order valence-corrected chi connectivity index (χ0v) is 13.8. The van der Waals surface area contributed by atoms with E-state index in [-0.39, 0.29) is 0 Å². The van der Waals surface area contributed by atoms with Gasteiger partial charge in [0.1, 0.15) is 5.75 Å². The molecule has 0 radical (unpaired) electrons. The van der Waals surface area contributed by atoms with Gasteiger partial charge in [-0.25, -0.2) is 4.68 Å². The predicted octanol–water partition coefficient (Wildman–Crippen LogP) is 3.97. The summed E-state index contributed by atoms with van der Waals surface area (Å²) in [5, 5.41) is 4.21. The minimum absolute atomic E-state index is 0.607. The molecule has 0 bridgehead atoms. The Morgan fingerprint density at radius 3 is 2.53 bits per heavy atom. The second-order valence-corrected chi connectivity index (χ2v) is 5.66. The molecule has 0 amide bonds. The molecule has 0 saturated carbocycles. The normalized spacial score (nSPS) is 10.7. The lowest BCUT2D eigenvalue weighted by Crippen LogP contribution is -2.04. The van der Waals surface area contributed by atoms with E-state index >= 15 is 0 Å². The lowest BCUT2D eigenvalue weighted by Gasteiger charge is -2.06. The van der Waals surface area contributed by atoms with E-state index in [2.05, 4.69) is 61.0 Å². The second-order valence-electron chi connectivity index (χ2n) is 4.24. The molecule has 0 spiro atoms. The van der Waals surface area contributed by atoms with E-state index in [1.165, 1.54) is 5.56 Å². The van der Waals surface area contributed by atoms with Gasteiger partial charge in [0, 0.05) is 6.54 Å². The van der Waals surface area contributed by atoms with Crippen LogP contribution in [0.15, 0.2) is 33.7 Å². The Morgan fingerprint density at radius 2 is 1.89 bits per heavy atom. The van der Waals surface area contributed by atoms with Crippen molar-refractivity contribution in [3.05, 3.63) is 39.3 Å². The zero-order valence-electron chi connectivity index (χ0n) is 10.6. The van der Waals surface area contributed by atoms with Gasteiger partial charge in [-0.15, -0.1) is 5.10 Å². The molecule has 1 aromatic heterocycles. The summed E-state index contributed by atoms with van der Waals surface area (Å²) in [6.07, 6.45) is 1.98. The van der Waals surface area contributed by atoms with E-state index in [0.717, 1.165) is 36.5 Å². The number of halogens is 2. The summed E-state index contributed by atoms with van der Waals surface area (Å²) in [4.78, 5) is 4.12. The van der Waals surface area contributed by atoms with Crippen molar-refractivity contribution in [3.63, 3.8) is 0 Å². The van der Waals surface area contributed by atoms with Crippen molar-refractivity contribution in [2.24, 2.45) is 0 Å². The van der Waals surface area contributed by atoms with Crippen LogP contribution in [0.4, 0.5) is 0 Å². The highest BCUT2D eigenvalue weighted by Crippen LogP contribution is 2.13. The fraction of sp³-hybridized carbons (Fsp3) is 0.385. The summed E-state index contributed by atoms with van der Waals surface area (Å²) in [6, 6.07) is 8.11. The van der Waals surface area contributed by atoms with E-state index in [1.54, 1.807) is 0 Å². The van der Waals surface area contributed by atoms with E-state index in [9.17, 15) is 0 Å². The maximum Gasteiger partial charge on any atom is 0.218 e. The number of nitrogens with zero attached hydrogens (tertiary/aromatic N) is 3. The van der Waals surface area contributed by atoms with Gasteiger partial charge in [-0.1, -0.05) is 17.7 Å². The van der Waals surface area contributed by atoms with Crippen LogP contribution in [0.1, 0.15) is 18.4 Å². The molecule has 0 unspecified atom stereocenters. The third kappa shape index (κ3) is 4.62. The van der Waals surface area contributed by atoms with Gasteiger partial charge in [-0.05, 0) is 63.8 Å². The summed E-state index contributed by atoms with van der Waals surface area (Å²) in [7, 11) is 0. The van der Waals surface area contributed by atoms with Crippen LogP contribution < -0.4 is 4.74 Å². The van der Waals surface area contributed by atoms with E-state index in [0.29, 0.717) is 4.73 Å². The Kier molecular flexibility index (Phi) is 5.39. The highest BCUT2D eigenvalue weighted by molar-refractivity contribution is 9.11. The van der Waals surface area contributed by atoms with Gasteiger partial charge in [0.25, 0.3) is 0 Å². The molecule has 2 rings (SSSR count). The van der Waals surface area contributed by atoms with Crippen LogP contribution in [0, 0.1) is 6.92 Å². The molecular weight excluding hydrogens is 374 g/mol. The van der Waals surface area contributed by atoms with Gasteiger partial charge < -0.3 is 4.74 Å². The van der Waals surface area contributed by atoms with Crippen molar-refractivity contribution in [2.45, 2.75) is 26.3 Å². The Balaban J connectivity index is 1.67. The average Bonchev–Trinajstić information content (AvgIpc) is 2.70. The van der Waals surface area contributed by atoms with Gasteiger partial charge in [0.05, 0.1) is 6.61 Å². The number of aromatic nitrogens is 3. The van der Waals surface area contributed by atoms with Crippen molar-refractivity contribution in [1.82, 2.24) is 14.8 Å². The largest absolute Gasteiger partial charge is 0.494 e. The Morgan fingerprint density at radius 1 is 1.16 bits per heavy atom. The van der Waals surface area contributed by atoms with E-state index in [1.807, 2.05) is 16.8 Å². The van der Waals surface area contributed by atoms with Gasteiger partial charge in [-0.2, -0.15) is 4.98 Å². The van der Waals surface area contributed by atoms with Gasteiger partial charge in [0.15, 0.2) is 4.73 Å². The molecular formula is C13H15Br2N3O. The third-order valence-electron chi connectivity index (χ3n) is 2.65. The van der Waals surface area contributed by atoms with E-state index in [4.69, 9.17) is 4.74 Å². The second kappa shape index (κ2) is 7.05. The predicted molar refractivity (Wildman–Crippen MR) is 81.3 cm³/mol. The SMILES string of the molecule is Cc1ccc(OCCCCn2nc(Br)nc2Br)cc1. The molecule has 1 heterocycles. The van der Waals surface area contributed by atoms with Crippen molar-refractivity contribution >= 4 is 31.9 Å². The number of hydrogen-bond acceptors (Lipinski definition) is 3. The average molecular weight is 389 g/mol. The Bertz CT molecular complexity index is 525. The summed E-state index contributed by atoms with van der Waals surface area (Å²) < 4.78 is 8.85. The van der Waals surface area contributed by atoms with Crippen LogP contribution in [-0.4, -0.2) is 21.4 Å². The number of benzene rings is 1. The first-order valence-electron chi connectivity index (χ1n) is 6.10. The standard InChI is InChI=1S/C13H15Br2N3O/c1-10-4-6-11(7-5-10)19-9-3-2-8-18-13(15)16-12(14)17-18/h4-7H,2-3,8-9H2,1H3. The topological polar surface area (TPSA) is 39.9 Å². The van der Waals surface area contributed by atoms with Crippen LogP contribution >= 0.6 is 31.9 Å². The molecule has 0 atom stereocenters. The van der Waals surface area contributed by atoms with Crippen LogP contribution in [0.25, 0.3) is 0 Å². The molecule has 0 aliphatic carbocycles. The molecule has 1 aromatic carbocycles. The summed E-state index contributed by atoms with van der Waals surface area (Å²) in [5.74, 6) is 0.926. The van der Waals surface area contributed by atoms with Crippen molar-refractivity contribution in [2.75, 3.05) is 6.61 Å². The monoisotopic (exact) mass is 387 g/mol. The zero-order chi connectivity index (χ0) is 13.7. The van der Waals surface area contributed by atoms with Crippen LogP contribution in [-0.2, 0) is 6.54 Å². The van der Waals surface area contributed by atoms with Gasteiger partial charge in [0.2, 0.25) is 4.73 Å². The quantitative estimate of drug-likeness (QED) is 0.703. The molecule has 4 nitrogen and oxygen atoms in total. The number of hydrogen-bond donors (Lipinski definition) is 0. The highest BCUT2D eigenvalue weighted by Gasteiger charge is 2.04. The number of ether oxygens (including phenoxy) is 1. The molecule has 19 heavy (non-hydrogen) atoms. The third-order valence-corrected chi connectivity index (χ3v) is 3.58. The molecule has 0 N–H and O–H groups in total. The first-order chi connectivity index (χ1) is 9.15. The fourth-order valence-electron chi connectivity index (χ4n) is 1.63. The summed E-state index contributed by atoms with van der Waals surface area (Å²) >= 11 is 6.60. The molecule has 102 valence electrons. The maximum atomic E-state index is 5.67. The van der Waals surface area contributed by atoms with Crippen LogP contribution in [0.2, 0.25) is 0 Å². The van der Waals surface area contributed by atoms with E-state index < -0.39 is 0 Å². The fourth-order valence-corrected chi connectivity index (χ4v) is 2.65.